The van der Waals surface area contributed by atoms with Gasteiger partial charge in [-0.15, -0.1) is 0 Å². The van der Waals surface area contributed by atoms with Gasteiger partial charge in [0.05, 0.1) is 5.56 Å². The van der Waals surface area contributed by atoms with Crippen LogP contribution in [0.1, 0.15) is 27.6 Å². The first-order valence-corrected chi connectivity index (χ1v) is 6.13. The maximum atomic E-state index is 11.8. The molecule has 102 valence electrons. The number of phenolic OH excluding ortho intramolecular Hbond substituents is 1. The molecule has 2 aromatic rings. The minimum atomic E-state index is -0.227. The fourth-order valence-corrected chi connectivity index (χ4v) is 1.76. The molecule has 4 heteroatoms. The lowest BCUT2D eigenvalue weighted by Gasteiger charge is -2.07. The molecule has 0 saturated heterocycles. The van der Waals surface area contributed by atoms with E-state index < -0.39 is 0 Å². The highest BCUT2D eigenvalue weighted by Gasteiger charge is 2.09. The van der Waals surface area contributed by atoms with Crippen molar-refractivity contribution in [2.24, 2.45) is 0 Å². The van der Waals surface area contributed by atoms with Gasteiger partial charge >= 0.3 is 0 Å². The van der Waals surface area contributed by atoms with Crippen LogP contribution in [-0.4, -0.2) is 23.3 Å². The third-order valence-corrected chi connectivity index (χ3v) is 2.81. The highest BCUT2D eigenvalue weighted by atomic mass is 16.5. The smallest absolute Gasteiger partial charge is 0.200 e. The molecule has 2 aromatic carbocycles. The van der Waals surface area contributed by atoms with E-state index in [1.165, 1.54) is 19.1 Å². The van der Waals surface area contributed by atoms with Gasteiger partial charge < -0.3 is 9.84 Å². The van der Waals surface area contributed by atoms with Crippen LogP contribution in [0, 0.1) is 0 Å². The molecular formula is C16H14O4. The van der Waals surface area contributed by atoms with E-state index in [-0.39, 0.29) is 29.5 Å². The number of rotatable bonds is 5. The summed E-state index contributed by atoms with van der Waals surface area (Å²) in [6.45, 7) is 1.25. The Balaban J connectivity index is 2.03. The van der Waals surface area contributed by atoms with Crippen LogP contribution in [0.2, 0.25) is 0 Å². The van der Waals surface area contributed by atoms with E-state index in [0.29, 0.717) is 11.3 Å². The average Bonchev–Trinajstić information content (AvgIpc) is 2.45. The lowest BCUT2D eigenvalue weighted by atomic mass is 10.1. The number of aromatic hydroxyl groups is 1. The monoisotopic (exact) mass is 270 g/mol. The molecule has 20 heavy (non-hydrogen) atoms. The van der Waals surface area contributed by atoms with Crippen molar-refractivity contribution in [1.29, 1.82) is 0 Å². The second-order valence-electron chi connectivity index (χ2n) is 4.31. The molecule has 2 rings (SSSR count). The lowest BCUT2D eigenvalue weighted by Crippen LogP contribution is -2.11. The molecule has 0 aromatic heterocycles. The summed E-state index contributed by atoms with van der Waals surface area (Å²) in [5.41, 5.74) is 0.795. The Morgan fingerprint density at radius 1 is 1.10 bits per heavy atom. The Bertz CT molecular complexity index is 632. The number of hydrogen-bond acceptors (Lipinski definition) is 4. The van der Waals surface area contributed by atoms with Crippen molar-refractivity contribution < 1.29 is 19.4 Å². The first-order valence-electron chi connectivity index (χ1n) is 6.13. The molecule has 4 nitrogen and oxygen atoms in total. The first-order chi connectivity index (χ1) is 9.58. The Morgan fingerprint density at radius 3 is 2.40 bits per heavy atom. The summed E-state index contributed by atoms with van der Waals surface area (Å²) < 4.78 is 5.32. The second-order valence-corrected chi connectivity index (χ2v) is 4.31. The van der Waals surface area contributed by atoms with Crippen LogP contribution in [0.5, 0.6) is 11.5 Å². The maximum absolute atomic E-state index is 11.8. The third-order valence-electron chi connectivity index (χ3n) is 2.81. The van der Waals surface area contributed by atoms with Crippen molar-refractivity contribution in [1.82, 2.24) is 0 Å². The van der Waals surface area contributed by atoms with Gasteiger partial charge in [-0.1, -0.05) is 30.3 Å². The van der Waals surface area contributed by atoms with E-state index in [0.717, 1.165) is 0 Å². The van der Waals surface area contributed by atoms with Crippen molar-refractivity contribution in [2.75, 3.05) is 6.61 Å². The minimum absolute atomic E-state index is 0.122. The molecule has 0 spiro atoms. The predicted molar refractivity (Wildman–Crippen MR) is 74.4 cm³/mol. The molecule has 0 radical (unpaired) electrons. The quantitative estimate of drug-likeness (QED) is 0.848. The normalized spacial score (nSPS) is 10.1. The third kappa shape index (κ3) is 3.23. The molecule has 0 aliphatic heterocycles. The van der Waals surface area contributed by atoms with Gasteiger partial charge in [-0.25, -0.2) is 0 Å². The molecule has 0 unspecified atom stereocenters. The topological polar surface area (TPSA) is 63.6 Å². The van der Waals surface area contributed by atoms with Crippen LogP contribution >= 0.6 is 0 Å². The summed E-state index contributed by atoms with van der Waals surface area (Å²) in [6, 6.07) is 13.2. The number of Topliss-reactive ketones (excluding diaryl/α,β-unsaturated/α-hetero) is 2. The summed E-state index contributed by atoms with van der Waals surface area (Å²) in [7, 11) is 0. The molecule has 0 aliphatic rings. The van der Waals surface area contributed by atoms with Crippen LogP contribution in [0.3, 0.4) is 0 Å². The van der Waals surface area contributed by atoms with Gasteiger partial charge in [0.25, 0.3) is 0 Å². The fourth-order valence-electron chi connectivity index (χ4n) is 1.76. The van der Waals surface area contributed by atoms with E-state index in [1.807, 2.05) is 6.07 Å². The Labute approximate surface area is 116 Å². The highest BCUT2D eigenvalue weighted by molar-refractivity contribution is 5.97. The zero-order chi connectivity index (χ0) is 14.5. The highest BCUT2D eigenvalue weighted by Crippen LogP contribution is 2.24. The number of benzene rings is 2. The lowest BCUT2D eigenvalue weighted by molar-refractivity contribution is 0.0920. The number of hydrogen-bond donors (Lipinski definition) is 1. The fraction of sp³-hybridized carbons (Fsp3) is 0.125. The van der Waals surface area contributed by atoms with Crippen LogP contribution < -0.4 is 4.74 Å². The van der Waals surface area contributed by atoms with Gasteiger partial charge in [0.15, 0.2) is 18.2 Å². The molecule has 0 fully saturated rings. The number of phenols is 1. The number of carbonyl (C=O) groups excluding carboxylic acids is 2. The van der Waals surface area contributed by atoms with Gasteiger partial charge in [0.2, 0.25) is 0 Å². The maximum Gasteiger partial charge on any atom is 0.200 e. The largest absolute Gasteiger partial charge is 0.507 e. The first kappa shape index (κ1) is 13.8. The van der Waals surface area contributed by atoms with Crippen molar-refractivity contribution in [3.63, 3.8) is 0 Å². The number of ketones is 2. The second kappa shape index (κ2) is 6.02. The average molecular weight is 270 g/mol. The summed E-state index contributed by atoms with van der Waals surface area (Å²) in [5, 5.41) is 9.66. The zero-order valence-corrected chi connectivity index (χ0v) is 11.0. The van der Waals surface area contributed by atoms with Crippen LogP contribution in [-0.2, 0) is 0 Å². The van der Waals surface area contributed by atoms with Crippen molar-refractivity contribution in [3.05, 3.63) is 59.7 Å². The summed E-state index contributed by atoms with van der Waals surface area (Å²) in [4.78, 5) is 23.0. The van der Waals surface area contributed by atoms with Gasteiger partial charge in [0.1, 0.15) is 11.5 Å². The predicted octanol–water partition coefficient (Wildman–Crippen LogP) is 2.86. The standard InChI is InChI=1S/C16H14O4/c1-11(17)14-8-7-13(9-15(14)18)20-10-16(19)12-5-3-2-4-6-12/h2-9,18H,10H2,1H3. The minimum Gasteiger partial charge on any atom is -0.507 e. The molecule has 1 N–H and O–H groups in total. The molecule has 0 aliphatic carbocycles. The van der Waals surface area contributed by atoms with E-state index in [2.05, 4.69) is 0 Å². The molecule has 0 bridgehead atoms. The Morgan fingerprint density at radius 2 is 1.80 bits per heavy atom. The summed E-state index contributed by atoms with van der Waals surface area (Å²) in [6.07, 6.45) is 0. The summed E-state index contributed by atoms with van der Waals surface area (Å²) in [5.74, 6) is -0.186. The van der Waals surface area contributed by atoms with E-state index in [4.69, 9.17) is 4.74 Å². The van der Waals surface area contributed by atoms with Crippen LogP contribution in [0.25, 0.3) is 0 Å². The molecular weight excluding hydrogens is 256 g/mol. The van der Waals surface area contributed by atoms with E-state index in [9.17, 15) is 14.7 Å². The Hall–Kier alpha value is -2.62. The Kier molecular flexibility index (Phi) is 4.15. The summed E-state index contributed by atoms with van der Waals surface area (Å²) >= 11 is 0. The van der Waals surface area contributed by atoms with Gasteiger partial charge in [-0.2, -0.15) is 0 Å². The van der Waals surface area contributed by atoms with E-state index in [1.54, 1.807) is 30.3 Å². The van der Waals surface area contributed by atoms with Crippen LogP contribution in [0.4, 0.5) is 0 Å². The zero-order valence-electron chi connectivity index (χ0n) is 11.0. The van der Waals surface area contributed by atoms with Crippen molar-refractivity contribution >= 4 is 11.6 Å². The van der Waals surface area contributed by atoms with Gasteiger partial charge in [-0.3, -0.25) is 9.59 Å². The van der Waals surface area contributed by atoms with Gasteiger partial charge in [-0.05, 0) is 19.1 Å². The van der Waals surface area contributed by atoms with Crippen LogP contribution in [0.15, 0.2) is 48.5 Å². The molecule has 0 amide bonds. The van der Waals surface area contributed by atoms with Crippen molar-refractivity contribution in [2.45, 2.75) is 6.92 Å². The van der Waals surface area contributed by atoms with Crippen molar-refractivity contribution in [3.8, 4) is 11.5 Å². The van der Waals surface area contributed by atoms with E-state index >= 15 is 0 Å². The molecule has 0 atom stereocenters. The number of ether oxygens (including phenoxy) is 1. The SMILES string of the molecule is CC(=O)c1ccc(OCC(=O)c2ccccc2)cc1O. The molecule has 0 heterocycles. The van der Waals surface area contributed by atoms with Gasteiger partial charge in [0, 0.05) is 11.6 Å². The molecule has 0 saturated carbocycles. The number of carbonyl (C=O) groups is 2.